The van der Waals surface area contributed by atoms with Crippen molar-refractivity contribution >= 4 is 29.0 Å². The molecule has 9 nitrogen and oxygen atoms in total. The van der Waals surface area contributed by atoms with Gasteiger partial charge in [-0.3, -0.25) is 14.9 Å². The summed E-state index contributed by atoms with van der Waals surface area (Å²) < 4.78 is 7.13. The molecule has 0 aliphatic carbocycles. The topological polar surface area (TPSA) is 116 Å². The number of hydrogen-bond acceptors (Lipinski definition) is 7. The van der Waals surface area contributed by atoms with Crippen molar-refractivity contribution in [2.24, 2.45) is 7.05 Å². The Bertz CT molecular complexity index is 981. The lowest BCUT2D eigenvalue weighted by molar-refractivity contribution is -0.383. The Labute approximate surface area is 158 Å². The van der Waals surface area contributed by atoms with E-state index >= 15 is 0 Å². The molecule has 0 atom stereocenters. The second-order valence-corrected chi connectivity index (χ2v) is 6.74. The van der Waals surface area contributed by atoms with Gasteiger partial charge in [-0.25, -0.2) is 0 Å². The second kappa shape index (κ2) is 8.04. The highest BCUT2D eigenvalue weighted by molar-refractivity contribution is 7.99. The number of amides is 1. The third-order valence-corrected chi connectivity index (χ3v) is 4.89. The Morgan fingerprint density at radius 2 is 2.11 bits per heavy atom. The van der Waals surface area contributed by atoms with Crippen molar-refractivity contribution in [2.75, 3.05) is 11.1 Å². The van der Waals surface area contributed by atoms with Crippen molar-refractivity contribution < 1.29 is 14.1 Å². The third kappa shape index (κ3) is 4.17. The molecule has 27 heavy (non-hydrogen) atoms. The number of nitro benzene ring substituents is 1. The summed E-state index contributed by atoms with van der Waals surface area (Å²) in [7, 11) is 1.84. The van der Waals surface area contributed by atoms with Crippen LogP contribution in [0.5, 0.6) is 0 Å². The van der Waals surface area contributed by atoms with Crippen LogP contribution in [0, 0.1) is 17.0 Å². The summed E-state index contributed by atoms with van der Waals surface area (Å²) in [5, 5.41) is 22.6. The molecule has 0 aliphatic rings. The minimum absolute atomic E-state index is 0.132. The van der Waals surface area contributed by atoms with Crippen LogP contribution < -0.4 is 5.32 Å². The summed E-state index contributed by atoms with van der Waals surface area (Å²) in [6.07, 6.45) is 1.78. The van der Waals surface area contributed by atoms with E-state index in [1.807, 2.05) is 24.6 Å². The van der Waals surface area contributed by atoms with Crippen LogP contribution in [0.4, 0.5) is 11.4 Å². The van der Waals surface area contributed by atoms with Crippen LogP contribution in [0.1, 0.15) is 12.2 Å². The van der Waals surface area contributed by atoms with Crippen LogP contribution in [0.15, 0.2) is 46.2 Å². The normalized spacial score (nSPS) is 10.7. The molecule has 10 heteroatoms. The van der Waals surface area contributed by atoms with Gasteiger partial charge in [0.1, 0.15) is 11.4 Å². The van der Waals surface area contributed by atoms with Crippen molar-refractivity contribution in [3.05, 3.63) is 52.5 Å². The maximum absolute atomic E-state index is 12.1. The Hall–Kier alpha value is -3.14. The molecular weight excluding hydrogens is 370 g/mol. The first kappa shape index (κ1) is 18.6. The molecule has 140 valence electrons. The number of hydrogen-bond donors (Lipinski definition) is 1. The molecule has 0 unspecified atom stereocenters. The van der Waals surface area contributed by atoms with E-state index in [4.69, 9.17) is 4.42 Å². The van der Waals surface area contributed by atoms with Gasteiger partial charge in [-0.1, -0.05) is 23.9 Å². The van der Waals surface area contributed by atoms with E-state index in [1.54, 1.807) is 18.4 Å². The van der Waals surface area contributed by atoms with Gasteiger partial charge < -0.3 is 14.3 Å². The number of carbonyl (C=O) groups is 1. The fraction of sp³-hybridized carbons (Fsp3) is 0.235. The van der Waals surface area contributed by atoms with E-state index < -0.39 is 4.92 Å². The SMILES string of the molecule is Cc1occc1-c1nnc(SCCC(=O)Nc2ccccc2[N+](=O)[O-])n1C. The highest BCUT2D eigenvalue weighted by Gasteiger charge is 2.17. The summed E-state index contributed by atoms with van der Waals surface area (Å²) in [4.78, 5) is 22.6. The van der Waals surface area contributed by atoms with Crippen molar-refractivity contribution in [3.63, 3.8) is 0 Å². The van der Waals surface area contributed by atoms with Crippen LogP contribution in [-0.4, -0.2) is 31.3 Å². The number of benzene rings is 1. The number of anilines is 1. The van der Waals surface area contributed by atoms with Crippen molar-refractivity contribution in [1.82, 2.24) is 14.8 Å². The Kier molecular flexibility index (Phi) is 5.55. The molecule has 0 aliphatic heterocycles. The first-order chi connectivity index (χ1) is 13.0. The van der Waals surface area contributed by atoms with E-state index in [0.717, 1.165) is 11.3 Å². The molecule has 0 fully saturated rings. The van der Waals surface area contributed by atoms with E-state index in [9.17, 15) is 14.9 Å². The summed E-state index contributed by atoms with van der Waals surface area (Å²) in [6.45, 7) is 1.85. The largest absolute Gasteiger partial charge is 0.469 e. The van der Waals surface area contributed by atoms with E-state index in [0.29, 0.717) is 16.7 Å². The first-order valence-corrected chi connectivity index (χ1v) is 9.06. The molecule has 1 amide bonds. The highest BCUT2D eigenvalue weighted by Crippen LogP contribution is 2.27. The zero-order valence-corrected chi connectivity index (χ0v) is 15.5. The van der Waals surface area contributed by atoms with Gasteiger partial charge in [-0.15, -0.1) is 10.2 Å². The monoisotopic (exact) mass is 387 g/mol. The van der Waals surface area contributed by atoms with Crippen LogP contribution in [0.25, 0.3) is 11.4 Å². The number of rotatable bonds is 7. The molecule has 1 aromatic carbocycles. The van der Waals surface area contributed by atoms with Gasteiger partial charge in [0.15, 0.2) is 11.0 Å². The summed E-state index contributed by atoms with van der Waals surface area (Å²) in [5.41, 5.74) is 0.923. The fourth-order valence-electron chi connectivity index (χ4n) is 2.48. The van der Waals surface area contributed by atoms with Crippen molar-refractivity contribution in [3.8, 4) is 11.4 Å². The number of nitrogens with one attached hydrogen (secondary N) is 1. The molecule has 1 N–H and O–H groups in total. The number of aryl methyl sites for hydroxylation is 1. The van der Waals surface area contributed by atoms with Crippen LogP contribution in [0.2, 0.25) is 0 Å². The minimum atomic E-state index is -0.524. The predicted molar refractivity (Wildman–Crippen MR) is 101 cm³/mol. The lowest BCUT2D eigenvalue weighted by Gasteiger charge is -2.06. The quantitative estimate of drug-likeness (QED) is 0.375. The van der Waals surface area contributed by atoms with Gasteiger partial charge in [0.05, 0.1) is 16.7 Å². The molecule has 0 bridgehead atoms. The molecule has 3 rings (SSSR count). The molecule has 3 aromatic rings. The number of nitro groups is 1. The standard InChI is InChI=1S/C17H17N5O4S/c1-11-12(7-9-26-11)16-19-20-17(21(16)2)27-10-8-15(23)18-13-5-3-4-6-14(13)22(24)25/h3-7,9H,8,10H2,1-2H3,(H,18,23). The van der Waals surface area contributed by atoms with Crippen LogP contribution in [0.3, 0.4) is 0 Å². The van der Waals surface area contributed by atoms with Crippen LogP contribution in [-0.2, 0) is 11.8 Å². The van der Waals surface area contributed by atoms with Crippen LogP contribution >= 0.6 is 11.8 Å². The van der Waals surface area contributed by atoms with Gasteiger partial charge in [0.2, 0.25) is 5.91 Å². The number of furan rings is 1. The number of nitrogens with zero attached hydrogens (tertiary/aromatic N) is 4. The Morgan fingerprint density at radius 3 is 2.81 bits per heavy atom. The highest BCUT2D eigenvalue weighted by atomic mass is 32.2. The Balaban J connectivity index is 1.58. The molecule has 0 spiro atoms. The molecule has 2 aromatic heterocycles. The van der Waals surface area contributed by atoms with Crippen molar-refractivity contribution in [1.29, 1.82) is 0 Å². The first-order valence-electron chi connectivity index (χ1n) is 8.07. The summed E-state index contributed by atoms with van der Waals surface area (Å²) in [5.74, 6) is 1.60. The average Bonchev–Trinajstić information content (AvgIpc) is 3.21. The van der Waals surface area contributed by atoms with Gasteiger partial charge >= 0.3 is 0 Å². The number of carbonyl (C=O) groups excluding carboxylic acids is 1. The number of para-hydroxylation sites is 2. The van der Waals surface area contributed by atoms with Gasteiger partial charge in [-0.05, 0) is 19.1 Å². The second-order valence-electron chi connectivity index (χ2n) is 5.68. The van der Waals surface area contributed by atoms with Gasteiger partial charge in [0, 0.05) is 25.3 Å². The Morgan fingerprint density at radius 1 is 1.33 bits per heavy atom. The van der Waals surface area contributed by atoms with E-state index in [2.05, 4.69) is 15.5 Å². The lowest BCUT2D eigenvalue weighted by atomic mass is 10.2. The molecule has 0 saturated heterocycles. The summed E-state index contributed by atoms with van der Waals surface area (Å²) >= 11 is 1.38. The molecular formula is C17H17N5O4S. The molecule has 0 saturated carbocycles. The molecule has 2 heterocycles. The number of thioether (sulfide) groups is 1. The summed E-state index contributed by atoms with van der Waals surface area (Å²) in [6, 6.07) is 7.87. The third-order valence-electron chi connectivity index (χ3n) is 3.87. The van der Waals surface area contributed by atoms with Crippen molar-refractivity contribution in [2.45, 2.75) is 18.5 Å². The van der Waals surface area contributed by atoms with E-state index in [-0.39, 0.29) is 23.7 Å². The zero-order chi connectivity index (χ0) is 19.4. The number of aromatic nitrogens is 3. The maximum Gasteiger partial charge on any atom is 0.292 e. The van der Waals surface area contributed by atoms with Gasteiger partial charge in [0.25, 0.3) is 5.69 Å². The van der Waals surface area contributed by atoms with E-state index in [1.165, 1.54) is 23.9 Å². The van der Waals surface area contributed by atoms with Gasteiger partial charge in [-0.2, -0.15) is 0 Å². The minimum Gasteiger partial charge on any atom is -0.469 e. The average molecular weight is 387 g/mol. The zero-order valence-electron chi connectivity index (χ0n) is 14.7. The smallest absolute Gasteiger partial charge is 0.292 e. The maximum atomic E-state index is 12.1. The lowest BCUT2D eigenvalue weighted by Crippen LogP contribution is -2.13. The molecule has 0 radical (unpaired) electrons. The predicted octanol–water partition coefficient (Wildman–Crippen LogP) is 3.41. The fourth-order valence-corrected chi connectivity index (χ4v) is 3.33.